The number of unbranched alkanes of at least 4 members (excludes halogenated alkanes) is 1. The Kier molecular flexibility index (Phi) is 9.48. The highest BCUT2D eigenvalue weighted by Gasteiger charge is 2.33. The second kappa shape index (κ2) is 12.8. The normalized spacial score (nSPS) is 11.9. The van der Waals surface area contributed by atoms with E-state index in [0.717, 1.165) is 35.1 Å². The van der Waals surface area contributed by atoms with Crippen LogP contribution in [0.25, 0.3) is 22.5 Å². The Morgan fingerprint density at radius 1 is 1.09 bits per heavy atom. The summed E-state index contributed by atoms with van der Waals surface area (Å²) >= 11 is 0. The second-order valence-electron chi connectivity index (χ2n) is 8.68. The number of tetrazole rings is 1. The molecule has 1 unspecified atom stereocenters. The Labute approximate surface area is 205 Å². The van der Waals surface area contributed by atoms with Crippen molar-refractivity contribution in [1.29, 1.82) is 0 Å². The average molecular weight is 480 g/mol. The summed E-state index contributed by atoms with van der Waals surface area (Å²) in [6.07, 6.45) is 2.00. The summed E-state index contributed by atoms with van der Waals surface area (Å²) in [6, 6.07) is 15.0. The first-order valence-corrected chi connectivity index (χ1v) is 11.9. The lowest BCUT2D eigenvalue weighted by atomic mass is 9.97. The van der Waals surface area contributed by atoms with Crippen LogP contribution in [0.3, 0.4) is 0 Å². The molecule has 0 aliphatic rings. The van der Waals surface area contributed by atoms with Gasteiger partial charge in [-0.1, -0.05) is 75.7 Å². The van der Waals surface area contributed by atoms with Crippen molar-refractivity contribution in [1.82, 2.24) is 25.5 Å². The van der Waals surface area contributed by atoms with Crippen molar-refractivity contribution in [2.24, 2.45) is 5.92 Å². The number of aromatic nitrogens is 4. The highest BCUT2D eigenvalue weighted by molar-refractivity contribution is 5.85. The molecule has 0 bridgehead atoms. The minimum atomic E-state index is -0.732. The van der Waals surface area contributed by atoms with E-state index in [9.17, 15) is 9.59 Å². The van der Waals surface area contributed by atoms with E-state index in [1.54, 1.807) is 4.90 Å². The van der Waals surface area contributed by atoms with Crippen LogP contribution in [-0.4, -0.2) is 61.8 Å². The fourth-order valence-corrected chi connectivity index (χ4v) is 4.00. The highest BCUT2D eigenvalue weighted by atomic mass is 16.5. The van der Waals surface area contributed by atoms with Crippen LogP contribution >= 0.6 is 0 Å². The fourth-order valence-electron chi connectivity index (χ4n) is 4.00. The smallest absolute Gasteiger partial charge is 0.329 e. The Balaban J connectivity index is 1.87. The van der Waals surface area contributed by atoms with Gasteiger partial charge in [0.1, 0.15) is 12.6 Å². The Morgan fingerprint density at radius 2 is 1.80 bits per heavy atom. The van der Waals surface area contributed by atoms with Crippen molar-refractivity contribution in [3.05, 3.63) is 54.1 Å². The van der Waals surface area contributed by atoms with Crippen LogP contribution in [0.2, 0.25) is 0 Å². The van der Waals surface area contributed by atoms with Crippen LogP contribution in [-0.2, 0) is 20.9 Å². The maximum Gasteiger partial charge on any atom is 0.329 e. The molecule has 0 aliphatic heterocycles. The van der Waals surface area contributed by atoms with Crippen LogP contribution in [0.5, 0.6) is 0 Å². The van der Waals surface area contributed by atoms with Gasteiger partial charge in [-0.15, -0.1) is 10.2 Å². The van der Waals surface area contributed by atoms with E-state index in [1.165, 1.54) is 0 Å². The number of carbonyl (C=O) groups is 2. The van der Waals surface area contributed by atoms with Crippen molar-refractivity contribution in [3.8, 4) is 22.5 Å². The van der Waals surface area contributed by atoms with Crippen molar-refractivity contribution in [2.75, 3.05) is 13.2 Å². The molecule has 1 heterocycles. The molecular formula is C26H33N5O4. The summed E-state index contributed by atoms with van der Waals surface area (Å²) in [5.74, 6) is -0.214. The Morgan fingerprint density at radius 3 is 2.40 bits per heavy atom. The van der Waals surface area contributed by atoms with Gasteiger partial charge in [0.05, 0.1) is 6.61 Å². The van der Waals surface area contributed by atoms with E-state index in [1.807, 2.05) is 69.3 Å². The molecule has 0 saturated heterocycles. The molecule has 1 amide bonds. The maximum absolute atomic E-state index is 13.1. The lowest BCUT2D eigenvalue weighted by Crippen LogP contribution is -2.48. The van der Waals surface area contributed by atoms with Crippen LogP contribution in [0.1, 0.15) is 45.6 Å². The maximum atomic E-state index is 13.1. The monoisotopic (exact) mass is 479 g/mol. The van der Waals surface area contributed by atoms with Crippen molar-refractivity contribution in [3.63, 3.8) is 0 Å². The van der Waals surface area contributed by atoms with Gasteiger partial charge < -0.3 is 14.7 Å². The van der Waals surface area contributed by atoms with Gasteiger partial charge in [0.2, 0.25) is 11.7 Å². The number of hydrogen-bond acceptors (Lipinski definition) is 7. The number of rotatable bonds is 12. The molecule has 0 spiro atoms. The number of aliphatic hydroxyl groups is 1. The van der Waals surface area contributed by atoms with Crippen LogP contribution in [0.15, 0.2) is 48.5 Å². The summed E-state index contributed by atoms with van der Waals surface area (Å²) < 4.78 is 5.21. The largest absolute Gasteiger partial charge is 0.462 e. The van der Waals surface area contributed by atoms with Gasteiger partial charge in [0, 0.05) is 18.5 Å². The fraction of sp³-hybridized carbons (Fsp3) is 0.423. The molecule has 3 aromatic rings. The molecule has 9 nitrogen and oxygen atoms in total. The van der Waals surface area contributed by atoms with Crippen molar-refractivity contribution in [2.45, 2.75) is 52.6 Å². The quantitative estimate of drug-likeness (QED) is 0.381. The van der Waals surface area contributed by atoms with Crippen molar-refractivity contribution < 1.29 is 19.4 Å². The molecule has 2 aromatic carbocycles. The van der Waals surface area contributed by atoms with E-state index in [0.29, 0.717) is 12.2 Å². The SMILES string of the molecule is CCCCC(=O)N(Cc1ccc(-c2ccccc2-c2nn[nH]n2)cc1)C(C(=O)OCCO)C(C)C. The number of nitrogens with zero attached hydrogens (tertiary/aromatic N) is 4. The van der Waals surface area contributed by atoms with Crippen molar-refractivity contribution >= 4 is 11.9 Å². The zero-order chi connectivity index (χ0) is 25.2. The number of ether oxygens (including phenoxy) is 1. The molecule has 3 rings (SSSR count). The van der Waals surface area contributed by atoms with Gasteiger partial charge in [0.15, 0.2) is 0 Å². The van der Waals surface area contributed by atoms with Gasteiger partial charge in [0.25, 0.3) is 0 Å². The van der Waals surface area contributed by atoms with Crippen LogP contribution < -0.4 is 0 Å². The van der Waals surface area contributed by atoms with Crippen LogP contribution in [0, 0.1) is 5.92 Å². The number of amides is 1. The van der Waals surface area contributed by atoms with Gasteiger partial charge in [-0.25, -0.2) is 4.79 Å². The average Bonchev–Trinajstić information content (AvgIpc) is 3.41. The summed E-state index contributed by atoms with van der Waals surface area (Å²) in [7, 11) is 0. The molecule has 2 N–H and O–H groups in total. The second-order valence-corrected chi connectivity index (χ2v) is 8.68. The summed E-state index contributed by atoms with van der Waals surface area (Å²) in [4.78, 5) is 27.6. The van der Waals surface area contributed by atoms with Crippen LogP contribution in [0.4, 0.5) is 0 Å². The number of hydrogen-bond donors (Lipinski definition) is 2. The first-order chi connectivity index (χ1) is 17.0. The minimum Gasteiger partial charge on any atom is -0.462 e. The lowest BCUT2D eigenvalue weighted by molar-refractivity contribution is -0.158. The topological polar surface area (TPSA) is 121 Å². The zero-order valence-electron chi connectivity index (χ0n) is 20.5. The van der Waals surface area contributed by atoms with E-state index >= 15 is 0 Å². The molecule has 186 valence electrons. The number of esters is 1. The van der Waals surface area contributed by atoms with E-state index < -0.39 is 12.0 Å². The molecule has 9 heteroatoms. The molecule has 1 atom stereocenters. The number of aliphatic hydroxyl groups excluding tert-OH is 1. The summed E-state index contributed by atoms with van der Waals surface area (Å²) in [6.45, 7) is 5.75. The molecular weight excluding hydrogens is 446 g/mol. The van der Waals surface area contributed by atoms with E-state index in [2.05, 4.69) is 20.6 Å². The Hall–Kier alpha value is -3.59. The number of carbonyl (C=O) groups excluding carboxylic acids is 2. The van der Waals surface area contributed by atoms with Gasteiger partial charge >= 0.3 is 5.97 Å². The molecule has 35 heavy (non-hydrogen) atoms. The third-order valence-electron chi connectivity index (χ3n) is 5.74. The molecule has 0 fully saturated rings. The zero-order valence-corrected chi connectivity index (χ0v) is 20.5. The highest BCUT2D eigenvalue weighted by Crippen LogP contribution is 2.30. The minimum absolute atomic E-state index is 0.0852. The Bertz CT molecular complexity index is 1080. The van der Waals surface area contributed by atoms with Gasteiger partial charge in [-0.05, 0) is 34.2 Å². The lowest BCUT2D eigenvalue weighted by Gasteiger charge is -2.33. The third-order valence-corrected chi connectivity index (χ3v) is 5.74. The van der Waals surface area contributed by atoms with Gasteiger partial charge in [-0.2, -0.15) is 5.21 Å². The predicted molar refractivity (Wildman–Crippen MR) is 132 cm³/mol. The third kappa shape index (κ3) is 6.73. The predicted octanol–water partition coefficient (Wildman–Crippen LogP) is 3.61. The first-order valence-electron chi connectivity index (χ1n) is 11.9. The van der Waals surface area contributed by atoms with E-state index in [4.69, 9.17) is 9.84 Å². The molecule has 1 aromatic heterocycles. The number of benzene rings is 2. The number of H-pyrrole nitrogens is 1. The molecule has 0 aliphatic carbocycles. The summed E-state index contributed by atoms with van der Waals surface area (Å²) in [5, 5.41) is 23.4. The van der Waals surface area contributed by atoms with E-state index in [-0.39, 0.29) is 31.6 Å². The first kappa shape index (κ1) is 26.0. The summed E-state index contributed by atoms with van der Waals surface area (Å²) in [5.41, 5.74) is 3.69. The molecule has 0 radical (unpaired) electrons. The standard InChI is InChI=1S/C26H33N5O4/c1-4-5-10-23(33)31(24(18(2)3)26(34)35-16-15-32)17-19-11-13-20(14-12-19)21-8-6-7-9-22(21)25-27-29-30-28-25/h6-9,11-14,18,24,32H,4-5,10,15-17H2,1-3H3,(H,27,28,29,30). The number of aromatic amines is 1. The van der Waals surface area contributed by atoms with Gasteiger partial charge in [-0.3, -0.25) is 4.79 Å². The molecule has 0 saturated carbocycles. The number of nitrogens with one attached hydrogen (secondary N) is 1.